The highest BCUT2D eigenvalue weighted by Crippen LogP contribution is 2.19. The number of nitrogens with zero attached hydrogens (tertiary/aromatic N) is 1. The normalized spacial score (nSPS) is 21.6. The minimum atomic E-state index is -0.463. The van der Waals surface area contributed by atoms with Crippen molar-refractivity contribution in [3.63, 3.8) is 0 Å². The van der Waals surface area contributed by atoms with E-state index in [1.54, 1.807) is 0 Å². The summed E-state index contributed by atoms with van der Waals surface area (Å²) in [6, 6.07) is 8.03. The van der Waals surface area contributed by atoms with Crippen LogP contribution in [-0.4, -0.2) is 42.2 Å². The standard InChI is InChI=1S/C16H25ClN2O/c1-12(2)19-8-7-13(11-19)9-18-10-16(20)14-3-5-15(17)6-4-14/h3-6,12-13,16,18,20H,7-11H2,1-2H3. The Kier molecular flexibility index (Phi) is 5.85. The van der Waals surface area contributed by atoms with Crippen molar-refractivity contribution >= 4 is 11.6 Å². The number of hydrogen-bond donors (Lipinski definition) is 2. The summed E-state index contributed by atoms with van der Waals surface area (Å²) in [5.41, 5.74) is 0.914. The van der Waals surface area contributed by atoms with Crippen molar-refractivity contribution in [1.82, 2.24) is 10.2 Å². The van der Waals surface area contributed by atoms with Gasteiger partial charge >= 0.3 is 0 Å². The second kappa shape index (κ2) is 7.41. The molecule has 4 heteroatoms. The molecule has 2 rings (SSSR count). The molecule has 2 unspecified atom stereocenters. The van der Waals surface area contributed by atoms with Crippen LogP contribution in [0.5, 0.6) is 0 Å². The number of benzene rings is 1. The third-order valence-corrected chi connectivity index (χ3v) is 4.33. The van der Waals surface area contributed by atoms with Crippen LogP contribution >= 0.6 is 11.6 Å². The molecule has 1 aliphatic rings. The van der Waals surface area contributed by atoms with Crippen LogP contribution in [0.15, 0.2) is 24.3 Å². The van der Waals surface area contributed by atoms with Crippen LogP contribution in [0.4, 0.5) is 0 Å². The number of aliphatic hydroxyl groups is 1. The van der Waals surface area contributed by atoms with E-state index in [0.29, 0.717) is 23.5 Å². The highest BCUT2D eigenvalue weighted by molar-refractivity contribution is 6.30. The van der Waals surface area contributed by atoms with Crippen LogP contribution in [-0.2, 0) is 0 Å². The first-order chi connectivity index (χ1) is 9.56. The first kappa shape index (κ1) is 15.8. The molecule has 1 aromatic rings. The maximum atomic E-state index is 10.1. The predicted octanol–water partition coefficient (Wildman–Crippen LogP) is 2.69. The minimum absolute atomic E-state index is 0.463. The predicted molar refractivity (Wildman–Crippen MR) is 84.1 cm³/mol. The Morgan fingerprint density at radius 1 is 1.35 bits per heavy atom. The van der Waals surface area contributed by atoms with Crippen LogP contribution in [0, 0.1) is 5.92 Å². The number of halogens is 1. The monoisotopic (exact) mass is 296 g/mol. The first-order valence-electron chi connectivity index (χ1n) is 7.44. The molecule has 0 aromatic heterocycles. The number of likely N-dealkylation sites (tertiary alicyclic amines) is 1. The Morgan fingerprint density at radius 2 is 2.05 bits per heavy atom. The lowest BCUT2D eigenvalue weighted by Gasteiger charge is -2.20. The SMILES string of the molecule is CC(C)N1CCC(CNCC(O)c2ccc(Cl)cc2)C1. The molecule has 0 amide bonds. The van der Waals surface area contributed by atoms with Gasteiger partial charge in [0.05, 0.1) is 6.10 Å². The molecule has 1 aromatic carbocycles. The molecule has 1 fully saturated rings. The maximum Gasteiger partial charge on any atom is 0.0914 e. The van der Waals surface area contributed by atoms with E-state index < -0.39 is 6.10 Å². The van der Waals surface area contributed by atoms with Crippen LogP contribution in [0.25, 0.3) is 0 Å². The molecule has 112 valence electrons. The zero-order chi connectivity index (χ0) is 14.5. The first-order valence-corrected chi connectivity index (χ1v) is 7.82. The van der Waals surface area contributed by atoms with Crippen molar-refractivity contribution < 1.29 is 5.11 Å². The second-order valence-corrected chi connectivity index (χ2v) is 6.41. The highest BCUT2D eigenvalue weighted by atomic mass is 35.5. The van der Waals surface area contributed by atoms with Crippen LogP contribution < -0.4 is 5.32 Å². The van der Waals surface area contributed by atoms with Crippen LogP contribution in [0.1, 0.15) is 31.9 Å². The van der Waals surface area contributed by atoms with Crippen LogP contribution in [0.2, 0.25) is 5.02 Å². The van der Waals surface area contributed by atoms with Gasteiger partial charge in [-0.3, -0.25) is 0 Å². The molecular formula is C16H25ClN2O. The van der Waals surface area contributed by atoms with Gasteiger partial charge < -0.3 is 15.3 Å². The second-order valence-electron chi connectivity index (χ2n) is 5.97. The smallest absolute Gasteiger partial charge is 0.0914 e. The zero-order valence-electron chi connectivity index (χ0n) is 12.3. The van der Waals surface area contributed by atoms with Gasteiger partial charge in [0.15, 0.2) is 0 Å². The summed E-state index contributed by atoms with van der Waals surface area (Å²) in [5.74, 6) is 0.704. The Bertz CT molecular complexity index is 407. The Hall–Kier alpha value is -0.610. The number of nitrogens with one attached hydrogen (secondary N) is 1. The fraction of sp³-hybridized carbons (Fsp3) is 0.625. The van der Waals surface area contributed by atoms with Gasteiger partial charge in [0, 0.05) is 24.2 Å². The molecule has 1 aliphatic heterocycles. The van der Waals surface area contributed by atoms with E-state index >= 15 is 0 Å². The summed E-state index contributed by atoms with van der Waals surface area (Å²) in [4.78, 5) is 2.52. The molecule has 3 nitrogen and oxygen atoms in total. The van der Waals surface area contributed by atoms with E-state index in [2.05, 4.69) is 24.1 Å². The van der Waals surface area contributed by atoms with Gasteiger partial charge in [0.25, 0.3) is 0 Å². The van der Waals surface area contributed by atoms with E-state index in [1.165, 1.54) is 19.5 Å². The lowest BCUT2D eigenvalue weighted by molar-refractivity contribution is 0.172. The van der Waals surface area contributed by atoms with Gasteiger partial charge in [-0.05, 0) is 57.0 Å². The van der Waals surface area contributed by atoms with E-state index in [1.807, 2.05) is 24.3 Å². The number of hydrogen-bond acceptors (Lipinski definition) is 3. The molecule has 0 aliphatic carbocycles. The summed E-state index contributed by atoms with van der Waals surface area (Å²) >= 11 is 5.84. The van der Waals surface area contributed by atoms with Crippen molar-refractivity contribution in [2.45, 2.75) is 32.4 Å². The van der Waals surface area contributed by atoms with Gasteiger partial charge in [-0.2, -0.15) is 0 Å². The summed E-state index contributed by atoms with van der Waals surface area (Å²) in [6.07, 6.45) is 0.789. The Balaban J connectivity index is 1.69. The van der Waals surface area contributed by atoms with Crippen molar-refractivity contribution in [3.05, 3.63) is 34.9 Å². The third-order valence-electron chi connectivity index (χ3n) is 4.07. The molecular weight excluding hydrogens is 272 g/mol. The van der Waals surface area contributed by atoms with E-state index in [-0.39, 0.29) is 0 Å². The average molecular weight is 297 g/mol. The molecule has 0 saturated carbocycles. The van der Waals surface area contributed by atoms with Crippen molar-refractivity contribution in [2.75, 3.05) is 26.2 Å². The molecule has 0 radical (unpaired) electrons. The van der Waals surface area contributed by atoms with Gasteiger partial charge in [0.1, 0.15) is 0 Å². The summed E-state index contributed by atoms with van der Waals surface area (Å²) in [5, 5.41) is 14.2. The molecule has 20 heavy (non-hydrogen) atoms. The maximum absolute atomic E-state index is 10.1. The zero-order valence-corrected chi connectivity index (χ0v) is 13.1. The van der Waals surface area contributed by atoms with Crippen molar-refractivity contribution in [2.24, 2.45) is 5.92 Å². The van der Waals surface area contributed by atoms with Crippen molar-refractivity contribution in [1.29, 1.82) is 0 Å². The largest absolute Gasteiger partial charge is 0.387 e. The average Bonchev–Trinajstić information content (AvgIpc) is 2.88. The van der Waals surface area contributed by atoms with Gasteiger partial charge in [0.2, 0.25) is 0 Å². The fourth-order valence-electron chi connectivity index (χ4n) is 2.73. The van der Waals surface area contributed by atoms with Gasteiger partial charge in [-0.25, -0.2) is 0 Å². The van der Waals surface area contributed by atoms with E-state index in [4.69, 9.17) is 11.6 Å². The topological polar surface area (TPSA) is 35.5 Å². The molecule has 2 N–H and O–H groups in total. The van der Waals surface area contributed by atoms with E-state index in [0.717, 1.165) is 12.1 Å². The van der Waals surface area contributed by atoms with Gasteiger partial charge in [-0.15, -0.1) is 0 Å². The Morgan fingerprint density at radius 3 is 2.65 bits per heavy atom. The highest BCUT2D eigenvalue weighted by Gasteiger charge is 2.23. The minimum Gasteiger partial charge on any atom is -0.387 e. The quantitative estimate of drug-likeness (QED) is 0.847. The number of aliphatic hydroxyl groups excluding tert-OH is 1. The lowest BCUT2D eigenvalue weighted by Crippen LogP contribution is -2.32. The molecule has 2 atom stereocenters. The van der Waals surface area contributed by atoms with Crippen molar-refractivity contribution in [3.8, 4) is 0 Å². The molecule has 0 spiro atoms. The fourth-order valence-corrected chi connectivity index (χ4v) is 2.85. The summed E-state index contributed by atoms with van der Waals surface area (Å²) in [6.45, 7) is 8.44. The molecule has 1 saturated heterocycles. The summed E-state index contributed by atoms with van der Waals surface area (Å²) in [7, 11) is 0. The molecule has 0 bridgehead atoms. The summed E-state index contributed by atoms with van der Waals surface area (Å²) < 4.78 is 0. The third kappa shape index (κ3) is 4.45. The van der Waals surface area contributed by atoms with E-state index in [9.17, 15) is 5.11 Å². The van der Waals surface area contributed by atoms with Crippen LogP contribution in [0.3, 0.4) is 0 Å². The molecule has 1 heterocycles. The number of rotatable bonds is 6. The lowest BCUT2D eigenvalue weighted by atomic mass is 10.1. The Labute approximate surface area is 126 Å². The van der Waals surface area contributed by atoms with Gasteiger partial charge in [-0.1, -0.05) is 23.7 Å².